The van der Waals surface area contributed by atoms with Crippen molar-refractivity contribution in [3.8, 4) is 0 Å². The summed E-state index contributed by atoms with van der Waals surface area (Å²) in [5.74, 6) is 0.901. The lowest BCUT2D eigenvalue weighted by Crippen LogP contribution is -2.43. The van der Waals surface area contributed by atoms with Crippen LogP contribution in [0.2, 0.25) is 0 Å². The van der Waals surface area contributed by atoms with E-state index in [0.717, 1.165) is 31.7 Å². The fourth-order valence-electron chi connectivity index (χ4n) is 2.10. The fourth-order valence-corrected chi connectivity index (χ4v) is 2.10. The lowest BCUT2D eigenvalue weighted by Gasteiger charge is -2.31. The molecule has 0 aliphatic carbocycles. The minimum atomic E-state index is 0.0790. The summed E-state index contributed by atoms with van der Waals surface area (Å²) in [7, 11) is 1.67. The SMILES string of the molecule is CNC(=O)CN1CCC(Nc2cnccn2)CC1. The Balaban J connectivity index is 1.75. The number of carbonyl (C=O) groups is 1. The van der Waals surface area contributed by atoms with Gasteiger partial charge in [0.05, 0.1) is 12.7 Å². The van der Waals surface area contributed by atoms with Gasteiger partial charge >= 0.3 is 0 Å². The van der Waals surface area contributed by atoms with Gasteiger partial charge in [-0.15, -0.1) is 0 Å². The van der Waals surface area contributed by atoms with Gasteiger partial charge in [-0.05, 0) is 12.8 Å². The van der Waals surface area contributed by atoms with Crippen LogP contribution in [-0.4, -0.2) is 53.5 Å². The molecule has 0 unspecified atom stereocenters. The van der Waals surface area contributed by atoms with Crippen molar-refractivity contribution in [2.45, 2.75) is 18.9 Å². The van der Waals surface area contributed by atoms with E-state index in [4.69, 9.17) is 0 Å². The molecule has 98 valence electrons. The van der Waals surface area contributed by atoms with E-state index in [1.807, 2.05) is 0 Å². The predicted octanol–water partition coefficient (Wildman–Crippen LogP) is 0.0989. The largest absolute Gasteiger partial charge is 0.366 e. The molecule has 2 heterocycles. The van der Waals surface area contributed by atoms with Crippen molar-refractivity contribution in [1.82, 2.24) is 20.2 Å². The first kappa shape index (κ1) is 12.8. The molecule has 1 aromatic heterocycles. The lowest BCUT2D eigenvalue weighted by atomic mass is 10.1. The fraction of sp³-hybridized carbons (Fsp3) is 0.583. The second-order valence-corrected chi connectivity index (χ2v) is 4.46. The summed E-state index contributed by atoms with van der Waals surface area (Å²) in [6.07, 6.45) is 7.12. The van der Waals surface area contributed by atoms with Gasteiger partial charge in [-0.3, -0.25) is 14.7 Å². The van der Waals surface area contributed by atoms with E-state index in [0.29, 0.717) is 12.6 Å². The quantitative estimate of drug-likeness (QED) is 0.792. The highest BCUT2D eigenvalue weighted by atomic mass is 16.1. The number of nitrogens with one attached hydrogen (secondary N) is 2. The molecule has 0 radical (unpaired) electrons. The van der Waals surface area contributed by atoms with Crippen molar-refractivity contribution in [1.29, 1.82) is 0 Å². The third kappa shape index (κ3) is 3.66. The molecule has 1 saturated heterocycles. The molecule has 6 nitrogen and oxygen atoms in total. The van der Waals surface area contributed by atoms with Crippen molar-refractivity contribution in [2.24, 2.45) is 0 Å². The van der Waals surface area contributed by atoms with E-state index >= 15 is 0 Å². The highest BCUT2D eigenvalue weighted by molar-refractivity contribution is 5.77. The molecule has 0 aromatic carbocycles. The van der Waals surface area contributed by atoms with Crippen molar-refractivity contribution in [3.05, 3.63) is 18.6 Å². The molecule has 6 heteroatoms. The van der Waals surface area contributed by atoms with Crippen molar-refractivity contribution < 1.29 is 4.79 Å². The molecule has 0 spiro atoms. The number of aromatic nitrogens is 2. The minimum Gasteiger partial charge on any atom is -0.366 e. The van der Waals surface area contributed by atoms with Gasteiger partial charge in [-0.1, -0.05) is 0 Å². The van der Waals surface area contributed by atoms with Crippen LogP contribution in [0, 0.1) is 0 Å². The minimum absolute atomic E-state index is 0.0790. The molecule has 18 heavy (non-hydrogen) atoms. The molecule has 2 rings (SSSR count). The van der Waals surface area contributed by atoms with Gasteiger partial charge in [0, 0.05) is 38.6 Å². The molecule has 2 N–H and O–H groups in total. The highest BCUT2D eigenvalue weighted by Crippen LogP contribution is 2.14. The summed E-state index contributed by atoms with van der Waals surface area (Å²) >= 11 is 0. The molecule has 0 atom stereocenters. The maximum absolute atomic E-state index is 11.3. The average Bonchev–Trinajstić information content (AvgIpc) is 2.42. The molecule has 0 bridgehead atoms. The smallest absolute Gasteiger partial charge is 0.233 e. The van der Waals surface area contributed by atoms with Crippen LogP contribution >= 0.6 is 0 Å². The Kier molecular flexibility index (Phi) is 4.46. The number of likely N-dealkylation sites (N-methyl/N-ethyl adjacent to an activating group) is 1. The first-order valence-corrected chi connectivity index (χ1v) is 6.23. The van der Waals surface area contributed by atoms with Gasteiger partial charge in [-0.25, -0.2) is 4.98 Å². The number of rotatable bonds is 4. The van der Waals surface area contributed by atoms with Gasteiger partial charge in [-0.2, -0.15) is 0 Å². The Morgan fingerprint density at radius 3 is 2.83 bits per heavy atom. The van der Waals surface area contributed by atoms with Gasteiger partial charge < -0.3 is 10.6 Å². The Morgan fingerprint density at radius 1 is 1.44 bits per heavy atom. The molecular formula is C12H19N5O. The summed E-state index contributed by atoms with van der Waals surface area (Å²) in [6, 6.07) is 0.419. The van der Waals surface area contributed by atoms with Crippen molar-refractivity contribution in [2.75, 3.05) is 32.0 Å². The van der Waals surface area contributed by atoms with E-state index < -0.39 is 0 Å². The monoisotopic (exact) mass is 249 g/mol. The Labute approximate surface area is 107 Å². The zero-order chi connectivity index (χ0) is 12.8. The number of hydrogen-bond acceptors (Lipinski definition) is 5. The van der Waals surface area contributed by atoms with Crippen LogP contribution in [0.15, 0.2) is 18.6 Å². The number of anilines is 1. The third-order valence-corrected chi connectivity index (χ3v) is 3.15. The average molecular weight is 249 g/mol. The molecule has 1 fully saturated rings. The number of nitrogens with zero attached hydrogens (tertiary/aromatic N) is 3. The van der Waals surface area contributed by atoms with Gasteiger partial charge in [0.15, 0.2) is 0 Å². The van der Waals surface area contributed by atoms with Crippen LogP contribution in [0.5, 0.6) is 0 Å². The summed E-state index contributed by atoms with van der Waals surface area (Å²) in [4.78, 5) is 21.7. The molecule has 0 saturated carbocycles. The summed E-state index contributed by atoms with van der Waals surface area (Å²) in [5, 5.41) is 6.02. The van der Waals surface area contributed by atoms with E-state index in [9.17, 15) is 4.79 Å². The van der Waals surface area contributed by atoms with E-state index in [1.165, 1.54) is 0 Å². The molecular weight excluding hydrogens is 230 g/mol. The Hall–Kier alpha value is -1.69. The molecule has 1 aliphatic heterocycles. The summed E-state index contributed by atoms with van der Waals surface area (Å²) < 4.78 is 0. The molecule has 1 aromatic rings. The lowest BCUT2D eigenvalue weighted by molar-refractivity contribution is -0.122. The van der Waals surface area contributed by atoms with Crippen LogP contribution in [0.25, 0.3) is 0 Å². The highest BCUT2D eigenvalue weighted by Gasteiger charge is 2.20. The zero-order valence-electron chi connectivity index (χ0n) is 10.6. The number of carbonyl (C=O) groups excluding carboxylic acids is 1. The predicted molar refractivity (Wildman–Crippen MR) is 69.2 cm³/mol. The molecule has 1 aliphatic rings. The Morgan fingerprint density at radius 2 is 2.22 bits per heavy atom. The maximum Gasteiger partial charge on any atom is 0.233 e. The summed E-state index contributed by atoms with van der Waals surface area (Å²) in [5.41, 5.74) is 0. The normalized spacial score (nSPS) is 17.4. The number of amides is 1. The molecule has 1 amide bonds. The van der Waals surface area contributed by atoms with E-state index in [1.54, 1.807) is 25.6 Å². The Bertz CT molecular complexity index is 375. The second kappa shape index (κ2) is 6.30. The first-order chi connectivity index (χ1) is 8.78. The topological polar surface area (TPSA) is 70.2 Å². The van der Waals surface area contributed by atoms with Crippen molar-refractivity contribution in [3.63, 3.8) is 0 Å². The van der Waals surface area contributed by atoms with Crippen LogP contribution in [0.1, 0.15) is 12.8 Å². The van der Waals surface area contributed by atoms with Crippen molar-refractivity contribution >= 4 is 11.7 Å². The maximum atomic E-state index is 11.3. The summed E-state index contributed by atoms with van der Waals surface area (Å²) in [6.45, 7) is 2.37. The van der Waals surface area contributed by atoms with Gasteiger partial charge in [0.25, 0.3) is 0 Å². The zero-order valence-corrected chi connectivity index (χ0v) is 10.6. The van der Waals surface area contributed by atoms with Crippen LogP contribution in [0.3, 0.4) is 0 Å². The van der Waals surface area contributed by atoms with Crippen LogP contribution in [0.4, 0.5) is 5.82 Å². The first-order valence-electron chi connectivity index (χ1n) is 6.23. The van der Waals surface area contributed by atoms with Gasteiger partial charge in [0.1, 0.15) is 5.82 Å². The number of hydrogen-bond donors (Lipinski definition) is 2. The number of likely N-dealkylation sites (tertiary alicyclic amines) is 1. The van der Waals surface area contributed by atoms with E-state index in [-0.39, 0.29) is 5.91 Å². The van der Waals surface area contributed by atoms with Crippen LogP contribution < -0.4 is 10.6 Å². The second-order valence-electron chi connectivity index (χ2n) is 4.46. The third-order valence-electron chi connectivity index (χ3n) is 3.15. The number of piperidine rings is 1. The van der Waals surface area contributed by atoms with E-state index in [2.05, 4.69) is 25.5 Å². The van der Waals surface area contributed by atoms with Gasteiger partial charge in [0.2, 0.25) is 5.91 Å². The standard InChI is InChI=1S/C12H19N5O/c1-13-12(18)9-17-6-2-10(3-7-17)16-11-8-14-4-5-15-11/h4-5,8,10H,2-3,6-7,9H2,1H3,(H,13,18)(H,15,16). The van der Waals surface area contributed by atoms with Crippen LogP contribution in [-0.2, 0) is 4.79 Å².